The van der Waals surface area contributed by atoms with Crippen LogP contribution >= 0.6 is 0 Å². The van der Waals surface area contributed by atoms with Gasteiger partial charge in [-0.15, -0.1) is 0 Å². The van der Waals surface area contributed by atoms with E-state index in [9.17, 15) is 22.1 Å². The third-order valence-corrected chi connectivity index (χ3v) is 3.49. The first-order valence-electron chi connectivity index (χ1n) is 3.95. The van der Waals surface area contributed by atoms with Gasteiger partial charge in [0.05, 0.1) is 5.92 Å². The molecule has 0 aromatic carbocycles. The van der Waals surface area contributed by atoms with E-state index in [1.807, 2.05) is 0 Å². The van der Waals surface area contributed by atoms with Gasteiger partial charge in [0.25, 0.3) is 0 Å². The van der Waals surface area contributed by atoms with E-state index in [0.29, 0.717) is 0 Å². The van der Waals surface area contributed by atoms with Crippen LogP contribution < -0.4 is 0 Å². The largest absolute Gasteiger partial charge is 0.616 e. The number of rotatable bonds is 0. The third-order valence-electron chi connectivity index (χ3n) is 2.06. The molecule has 0 aromatic rings. The summed E-state index contributed by atoms with van der Waals surface area (Å²) in [6.45, 7) is 0. The van der Waals surface area contributed by atoms with E-state index < -0.39 is 35.9 Å². The van der Waals surface area contributed by atoms with Crippen LogP contribution in [0.25, 0.3) is 0 Å². The highest BCUT2D eigenvalue weighted by molar-refractivity contribution is 7.91. The monoisotopic (exact) mass is 218 g/mol. The first-order chi connectivity index (χ1) is 5.89. The number of halogens is 4. The molecule has 1 saturated heterocycles. The molecule has 78 valence electrons. The Bertz CT molecular complexity index is 172. The summed E-state index contributed by atoms with van der Waals surface area (Å²) < 4.78 is 60.1. The highest BCUT2D eigenvalue weighted by Crippen LogP contribution is 2.35. The van der Waals surface area contributed by atoms with Gasteiger partial charge in [-0.1, -0.05) is 11.2 Å². The molecule has 1 heterocycles. The molecule has 0 spiro atoms. The molecule has 0 radical (unpaired) electrons. The second-order valence-electron chi connectivity index (χ2n) is 3.17. The third kappa shape index (κ3) is 3.34. The van der Waals surface area contributed by atoms with Crippen LogP contribution in [-0.2, 0) is 11.2 Å². The summed E-state index contributed by atoms with van der Waals surface area (Å²) in [4.78, 5) is 0. The average molecular weight is 218 g/mol. The number of alkyl halides is 4. The molecule has 0 aliphatic carbocycles. The molecule has 6 heteroatoms. The van der Waals surface area contributed by atoms with Gasteiger partial charge < -0.3 is 4.55 Å². The van der Waals surface area contributed by atoms with Crippen LogP contribution in [0.2, 0.25) is 0 Å². The molecule has 1 rings (SSSR count). The van der Waals surface area contributed by atoms with Crippen molar-refractivity contribution in [3.8, 4) is 0 Å². The smallest absolute Gasteiger partial charge is 0.392 e. The molecular weight excluding hydrogens is 208 g/mol. The first-order valence-corrected chi connectivity index (χ1v) is 5.44. The Hall–Kier alpha value is 0.0300. The Morgan fingerprint density at radius 3 is 2.46 bits per heavy atom. The summed E-state index contributed by atoms with van der Waals surface area (Å²) in [5.74, 6) is -1.90. The Morgan fingerprint density at radius 1 is 1.31 bits per heavy atom. The number of hydrogen-bond donors (Lipinski definition) is 0. The van der Waals surface area contributed by atoms with Gasteiger partial charge in [0.1, 0.15) is 17.7 Å². The maximum absolute atomic E-state index is 12.8. The van der Waals surface area contributed by atoms with Gasteiger partial charge in [-0.05, 0) is 6.42 Å². The molecule has 13 heavy (non-hydrogen) atoms. The zero-order valence-electron chi connectivity index (χ0n) is 6.81. The molecule has 0 bridgehead atoms. The van der Waals surface area contributed by atoms with Crippen molar-refractivity contribution in [2.45, 2.75) is 25.2 Å². The van der Waals surface area contributed by atoms with Gasteiger partial charge in [0, 0.05) is 6.42 Å². The zero-order chi connectivity index (χ0) is 10.1. The zero-order valence-corrected chi connectivity index (χ0v) is 7.63. The summed E-state index contributed by atoms with van der Waals surface area (Å²) >= 11 is -1.42. The first kappa shape index (κ1) is 11.1. The maximum atomic E-state index is 12.8. The predicted molar refractivity (Wildman–Crippen MR) is 41.6 cm³/mol. The van der Waals surface area contributed by atoms with Gasteiger partial charge in [-0.2, -0.15) is 13.2 Å². The van der Waals surface area contributed by atoms with Gasteiger partial charge in [0.15, 0.2) is 0 Å². The van der Waals surface area contributed by atoms with Crippen molar-refractivity contribution in [3.05, 3.63) is 0 Å². The van der Waals surface area contributed by atoms with Crippen LogP contribution in [0.4, 0.5) is 17.6 Å². The summed E-state index contributed by atoms with van der Waals surface area (Å²) in [6.07, 6.45) is -6.67. The lowest BCUT2D eigenvalue weighted by Crippen LogP contribution is -2.25. The highest BCUT2D eigenvalue weighted by atomic mass is 32.2. The normalized spacial score (nSPS) is 37.2. The minimum atomic E-state index is -4.35. The SMILES string of the molecule is [O-][S+]1CCC(C(F)(F)F)CC(F)C1. The molecule has 0 saturated carbocycles. The van der Waals surface area contributed by atoms with E-state index in [-0.39, 0.29) is 17.9 Å². The van der Waals surface area contributed by atoms with Crippen molar-refractivity contribution in [2.24, 2.45) is 5.92 Å². The fourth-order valence-corrected chi connectivity index (χ4v) is 2.60. The lowest BCUT2D eigenvalue weighted by Gasteiger charge is -2.17. The molecular formula is C7H10F4OS. The van der Waals surface area contributed by atoms with Crippen LogP contribution in [0.1, 0.15) is 12.8 Å². The fourth-order valence-electron chi connectivity index (χ4n) is 1.35. The quantitative estimate of drug-likeness (QED) is 0.450. The molecule has 3 unspecified atom stereocenters. The maximum Gasteiger partial charge on any atom is 0.392 e. The van der Waals surface area contributed by atoms with E-state index in [0.717, 1.165) is 0 Å². The van der Waals surface area contributed by atoms with Crippen molar-refractivity contribution < 1.29 is 22.1 Å². The van der Waals surface area contributed by atoms with Gasteiger partial charge in [-0.3, -0.25) is 0 Å². The Kier molecular flexibility index (Phi) is 3.45. The minimum absolute atomic E-state index is 0.0371. The van der Waals surface area contributed by atoms with E-state index in [1.165, 1.54) is 0 Å². The fraction of sp³-hybridized carbons (Fsp3) is 1.00. The van der Waals surface area contributed by atoms with E-state index in [2.05, 4.69) is 0 Å². The van der Waals surface area contributed by atoms with Crippen molar-refractivity contribution >= 4 is 11.2 Å². The standard InChI is InChI=1S/C7H10F4OS/c8-6-3-5(7(9,10)11)1-2-13(12)4-6/h5-6H,1-4H2. The second kappa shape index (κ2) is 4.04. The van der Waals surface area contributed by atoms with Crippen LogP contribution in [-0.4, -0.2) is 28.4 Å². The van der Waals surface area contributed by atoms with E-state index >= 15 is 0 Å². The Morgan fingerprint density at radius 2 is 1.92 bits per heavy atom. The van der Waals surface area contributed by atoms with Crippen LogP contribution in [0.15, 0.2) is 0 Å². The molecule has 1 aliphatic rings. The Balaban J connectivity index is 2.58. The van der Waals surface area contributed by atoms with E-state index in [4.69, 9.17) is 0 Å². The summed E-state index contributed by atoms with van der Waals surface area (Å²) in [6, 6.07) is 0. The summed E-state index contributed by atoms with van der Waals surface area (Å²) in [7, 11) is 0. The van der Waals surface area contributed by atoms with Gasteiger partial charge in [-0.25, -0.2) is 4.39 Å². The minimum Gasteiger partial charge on any atom is -0.616 e. The predicted octanol–water partition coefficient (Wildman–Crippen LogP) is 2.05. The molecule has 0 amide bonds. The van der Waals surface area contributed by atoms with Crippen molar-refractivity contribution in [3.63, 3.8) is 0 Å². The summed E-state index contributed by atoms with van der Waals surface area (Å²) in [5.41, 5.74) is 0. The van der Waals surface area contributed by atoms with Crippen molar-refractivity contribution in [1.82, 2.24) is 0 Å². The average Bonchev–Trinajstić information content (AvgIpc) is 2.09. The lowest BCUT2D eigenvalue weighted by molar-refractivity contribution is -0.179. The number of hydrogen-bond acceptors (Lipinski definition) is 1. The molecule has 0 aromatic heterocycles. The molecule has 1 fully saturated rings. The molecule has 1 aliphatic heterocycles. The van der Waals surface area contributed by atoms with Crippen molar-refractivity contribution in [1.29, 1.82) is 0 Å². The van der Waals surface area contributed by atoms with Gasteiger partial charge in [0.2, 0.25) is 0 Å². The molecule has 3 atom stereocenters. The second-order valence-corrected chi connectivity index (χ2v) is 4.79. The topological polar surface area (TPSA) is 23.1 Å². The van der Waals surface area contributed by atoms with Crippen LogP contribution in [0.3, 0.4) is 0 Å². The Labute approximate surface area is 76.7 Å². The highest BCUT2D eigenvalue weighted by Gasteiger charge is 2.43. The van der Waals surface area contributed by atoms with Crippen LogP contribution in [0.5, 0.6) is 0 Å². The van der Waals surface area contributed by atoms with E-state index in [1.54, 1.807) is 0 Å². The summed E-state index contributed by atoms with van der Waals surface area (Å²) in [5, 5.41) is 0. The molecule has 0 N–H and O–H groups in total. The lowest BCUT2D eigenvalue weighted by atomic mass is 10.00. The van der Waals surface area contributed by atoms with Gasteiger partial charge >= 0.3 is 6.18 Å². The van der Waals surface area contributed by atoms with Crippen LogP contribution in [0, 0.1) is 5.92 Å². The van der Waals surface area contributed by atoms with Crippen molar-refractivity contribution in [2.75, 3.05) is 11.5 Å². The molecule has 1 nitrogen and oxygen atoms in total.